The van der Waals surface area contributed by atoms with Crippen molar-refractivity contribution in [2.24, 2.45) is 5.41 Å². The van der Waals surface area contributed by atoms with E-state index in [9.17, 15) is 5.11 Å². The number of pyridine rings is 1. The van der Waals surface area contributed by atoms with Crippen LogP contribution in [0.3, 0.4) is 0 Å². The largest absolute Gasteiger partial charge is 0.388 e. The van der Waals surface area contributed by atoms with E-state index in [4.69, 9.17) is 4.98 Å². The Kier molecular flexibility index (Phi) is 5.09. The molecule has 0 spiro atoms. The molecule has 0 aliphatic heterocycles. The lowest BCUT2D eigenvalue weighted by molar-refractivity contribution is 0.0983. The van der Waals surface area contributed by atoms with Crippen molar-refractivity contribution < 1.29 is 5.11 Å². The molecule has 4 heteroatoms. The van der Waals surface area contributed by atoms with Crippen LogP contribution in [0.2, 0.25) is 0 Å². The number of halogens is 1. The minimum absolute atomic E-state index is 0. The molecule has 0 radical (unpaired) electrons. The number of hydrogen-bond acceptors (Lipinski definition) is 3. The van der Waals surface area contributed by atoms with Crippen LogP contribution in [0.25, 0.3) is 0 Å². The normalized spacial score (nSPS) is 19.0. The van der Waals surface area contributed by atoms with E-state index in [1.54, 1.807) is 0 Å². The summed E-state index contributed by atoms with van der Waals surface area (Å²) < 4.78 is 0. The van der Waals surface area contributed by atoms with Gasteiger partial charge in [-0.2, -0.15) is 0 Å². The van der Waals surface area contributed by atoms with Crippen molar-refractivity contribution in [1.29, 1.82) is 0 Å². The van der Waals surface area contributed by atoms with Crippen molar-refractivity contribution in [3.63, 3.8) is 0 Å². The lowest BCUT2D eigenvalue weighted by Gasteiger charge is -2.34. The van der Waals surface area contributed by atoms with Crippen LogP contribution in [0.15, 0.2) is 42.5 Å². The fourth-order valence-electron chi connectivity index (χ4n) is 3.00. The van der Waals surface area contributed by atoms with Gasteiger partial charge in [0.15, 0.2) is 0 Å². The quantitative estimate of drug-likeness (QED) is 0.894. The van der Waals surface area contributed by atoms with Crippen molar-refractivity contribution >= 4 is 18.2 Å². The topological polar surface area (TPSA) is 45.2 Å². The van der Waals surface area contributed by atoms with Gasteiger partial charge in [0.05, 0.1) is 6.10 Å². The van der Waals surface area contributed by atoms with Gasteiger partial charge in [0.25, 0.3) is 0 Å². The minimum Gasteiger partial charge on any atom is -0.388 e. The summed E-state index contributed by atoms with van der Waals surface area (Å²) in [6.45, 7) is 5.13. The number of rotatable bonds is 3. The van der Waals surface area contributed by atoms with Crippen LogP contribution in [0.4, 0.5) is 5.82 Å². The zero-order chi connectivity index (χ0) is 14.9. The van der Waals surface area contributed by atoms with Crippen molar-refractivity contribution in [3.05, 3.63) is 59.3 Å². The molecule has 2 N–H and O–H groups in total. The molecule has 0 saturated heterocycles. The van der Waals surface area contributed by atoms with Gasteiger partial charge < -0.3 is 10.4 Å². The smallest absolute Gasteiger partial charge is 0.126 e. The molecule has 0 amide bonds. The molecule has 22 heavy (non-hydrogen) atoms. The molecule has 3 rings (SSSR count). The second kappa shape index (κ2) is 6.67. The maximum Gasteiger partial charge on any atom is 0.126 e. The van der Waals surface area contributed by atoms with Gasteiger partial charge in [-0.15, -0.1) is 12.4 Å². The molecule has 0 bridgehead atoms. The van der Waals surface area contributed by atoms with E-state index < -0.39 is 0 Å². The average Bonchev–Trinajstić information content (AvgIpc) is 2.44. The number of fused-ring (bicyclic) bond motifs is 1. The SMILES string of the molecule is CC1(C)Cc2nc(NCc3ccccc3)ccc2C(O)C1.Cl. The van der Waals surface area contributed by atoms with Crippen LogP contribution in [-0.2, 0) is 13.0 Å². The molecule has 1 aromatic heterocycles. The van der Waals surface area contributed by atoms with Gasteiger partial charge in [0.2, 0.25) is 0 Å². The maximum atomic E-state index is 10.2. The zero-order valence-electron chi connectivity index (χ0n) is 13.0. The first-order valence-electron chi connectivity index (χ1n) is 7.49. The highest BCUT2D eigenvalue weighted by Gasteiger charge is 2.32. The van der Waals surface area contributed by atoms with Crippen LogP contribution in [-0.4, -0.2) is 10.1 Å². The third kappa shape index (κ3) is 3.79. The summed E-state index contributed by atoms with van der Waals surface area (Å²) in [6, 6.07) is 14.3. The van der Waals surface area contributed by atoms with E-state index in [-0.39, 0.29) is 23.9 Å². The van der Waals surface area contributed by atoms with Gasteiger partial charge in [0.1, 0.15) is 5.82 Å². The Morgan fingerprint density at radius 2 is 1.91 bits per heavy atom. The van der Waals surface area contributed by atoms with E-state index in [2.05, 4.69) is 31.3 Å². The monoisotopic (exact) mass is 318 g/mol. The Morgan fingerprint density at radius 3 is 2.64 bits per heavy atom. The first kappa shape index (κ1) is 16.8. The first-order valence-corrected chi connectivity index (χ1v) is 7.49. The molecular weight excluding hydrogens is 296 g/mol. The maximum absolute atomic E-state index is 10.2. The standard InChI is InChI=1S/C18H22N2O.ClH/c1-18(2)10-15-14(16(21)11-18)8-9-17(20-15)19-12-13-6-4-3-5-7-13;/h3-9,16,21H,10-12H2,1-2H3,(H,19,20);1H. The van der Waals surface area contributed by atoms with Crippen LogP contribution < -0.4 is 5.32 Å². The number of benzene rings is 1. The Hall–Kier alpha value is -1.58. The van der Waals surface area contributed by atoms with Crippen LogP contribution in [0, 0.1) is 5.41 Å². The van der Waals surface area contributed by atoms with E-state index in [0.29, 0.717) is 0 Å². The molecule has 1 atom stereocenters. The van der Waals surface area contributed by atoms with Gasteiger partial charge in [0, 0.05) is 17.8 Å². The predicted octanol–water partition coefficient (Wildman–Crippen LogP) is 4.12. The van der Waals surface area contributed by atoms with Crippen LogP contribution in [0.5, 0.6) is 0 Å². The summed E-state index contributed by atoms with van der Waals surface area (Å²) in [7, 11) is 0. The van der Waals surface area contributed by atoms with Gasteiger partial charge in [-0.25, -0.2) is 4.98 Å². The summed E-state index contributed by atoms with van der Waals surface area (Å²) in [6.07, 6.45) is 1.33. The highest BCUT2D eigenvalue weighted by molar-refractivity contribution is 5.85. The molecule has 2 aromatic rings. The summed E-state index contributed by atoms with van der Waals surface area (Å²) in [5.74, 6) is 0.877. The lowest BCUT2D eigenvalue weighted by atomic mass is 9.75. The van der Waals surface area contributed by atoms with Gasteiger partial charge >= 0.3 is 0 Å². The van der Waals surface area contributed by atoms with Crippen molar-refractivity contribution in [3.8, 4) is 0 Å². The number of aliphatic hydroxyl groups is 1. The summed E-state index contributed by atoms with van der Waals surface area (Å²) >= 11 is 0. The fraction of sp³-hybridized carbons (Fsp3) is 0.389. The Balaban J connectivity index is 0.00000176. The van der Waals surface area contributed by atoms with E-state index >= 15 is 0 Å². The second-order valence-corrected chi connectivity index (χ2v) is 6.63. The summed E-state index contributed by atoms with van der Waals surface area (Å²) in [5, 5.41) is 13.6. The molecule has 1 unspecified atom stereocenters. The van der Waals surface area contributed by atoms with Crippen LogP contribution >= 0.6 is 12.4 Å². The number of aliphatic hydroxyl groups excluding tert-OH is 1. The van der Waals surface area contributed by atoms with E-state index in [1.807, 2.05) is 30.3 Å². The highest BCUT2D eigenvalue weighted by Crippen LogP contribution is 2.40. The molecule has 0 saturated carbocycles. The lowest BCUT2D eigenvalue weighted by Crippen LogP contribution is -2.26. The molecular formula is C18H23ClN2O. The van der Waals surface area contributed by atoms with Gasteiger partial charge in [-0.05, 0) is 29.9 Å². The Bertz CT molecular complexity index is 628. The molecule has 118 valence electrons. The molecule has 1 aromatic carbocycles. The van der Waals surface area contributed by atoms with E-state index in [0.717, 1.165) is 36.5 Å². The Labute approximate surface area is 138 Å². The minimum atomic E-state index is -0.389. The van der Waals surface area contributed by atoms with E-state index in [1.165, 1.54) is 5.56 Å². The third-order valence-corrected chi connectivity index (χ3v) is 4.08. The zero-order valence-corrected chi connectivity index (χ0v) is 13.9. The third-order valence-electron chi connectivity index (χ3n) is 4.08. The average molecular weight is 319 g/mol. The summed E-state index contributed by atoms with van der Waals surface area (Å²) in [4.78, 5) is 4.70. The number of anilines is 1. The fourth-order valence-corrected chi connectivity index (χ4v) is 3.00. The summed E-state index contributed by atoms with van der Waals surface area (Å²) in [5.41, 5.74) is 3.35. The van der Waals surface area contributed by atoms with Gasteiger partial charge in [-0.3, -0.25) is 0 Å². The predicted molar refractivity (Wildman–Crippen MR) is 92.3 cm³/mol. The van der Waals surface area contributed by atoms with Crippen molar-refractivity contribution in [2.45, 2.75) is 39.3 Å². The van der Waals surface area contributed by atoms with Crippen molar-refractivity contribution in [1.82, 2.24) is 4.98 Å². The molecule has 1 aliphatic carbocycles. The number of nitrogens with one attached hydrogen (secondary N) is 1. The van der Waals surface area contributed by atoms with Crippen LogP contribution in [0.1, 0.15) is 43.2 Å². The van der Waals surface area contributed by atoms with Gasteiger partial charge in [-0.1, -0.05) is 50.2 Å². The molecule has 0 fully saturated rings. The molecule has 1 aliphatic rings. The molecule has 3 nitrogen and oxygen atoms in total. The number of aromatic nitrogens is 1. The second-order valence-electron chi connectivity index (χ2n) is 6.63. The number of hydrogen-bond donors (Lipinski definition) is 2. The number of nitrogens with zero attached hydrogens (tertiary/aromatic N) is 1. The molecule has 1 heterocycles. The van der Waals surface area contributed by atoms with Crippen molar-refractivity contribution in [2.75, 3.05) is 5.32 Å². The first-order chi connectivity index (χ1) is 10.0. The highest BCUT2D eigenvalue weighted by atomic mass is 35.5. The Morgan fingerprint density at radius 1 is 1.18 bits per heavy atom.